The largest absolute Gasteiger partial charge is 0.385 e. The summed E-state index contributed by atoms with van der Waals surface area (Å²) in [5.74, 6) is 0.273. The topological polar surface area (TPSA) is 83.5 Å². The van der Waals surface area contributed by atoms with Crippen LogP contribution in [-0.2, 0) is 29.3 Å². The SMILES string of the molecule is Cc1ccc(OS(=O)(=O)N2CCOCCOCCOCCOCC2)cc1. The molecule has 148 valence electrons. The molecule has 0 N–H and O–H groups in total. The van der Waals surface area contributed by atoms with Gasteiger partial charge in [0.1, 0.15) is 5.75 Å². The molecule has 0 atom stereocenters. The van der Waals surface area contributed by atoms with E-state index < -0.39 is 10.3 Å². The highest BCUT2D eigenvalue weighted by Crippen LogP contribution is 2.16. The van der Waals surface area contributed by atoms with E-state index in [1.54, 1.807) is 24.3 Å². The van der Waals surface area contributed by atoms with Crippen molar-refractivity contribution in [3.8, 4) is 5.75 Å². The molecule has 8 nitrogen and oxygen atoms in total. The van der Waals surface area contributed by atoms with Gasteiger partial charge in [0, 0.05) is 13.1 Å². The second kappa shape index (κ2) is 11.5. The van der Waals surface area contributed by atoms with Gasteiger partial charge in [-0.05, 0) is 19.1 Å². The molecule has 1 fully saturated rings. The molecule has 1 aromatic rings. The number of nitrogens with zero attached hydrogens (tertiary/aromatic N) is 1. The number of hydrogen-bond acceptors (Lipinski definition) is 7. The molecule has 0 bridgehead atoms. The smallest absolute Gasteiger partial charge is 0.378 e. The fourth-order valence-corrected chi connectivity index (χ4v) is 3.25. The van der Waals surface area contributed by atoms with Crippen molar-refractivity contribution in [1.82, 2.24) is 4.31 Å². The van der Waals surface area contributed by atoms with Gasteiger partial charge >= 0.3 is 10.3 Å². The van der Waals surface area contributed by atoms with Gasteiger partial charge in [0.2, 0.25) is 0 Å². The second-order valence-corrected chi connectivity index (χ2v) is 7.24. The van der Waals surface area contributed by atoms with Crippen LogP contribution in [0, 0.1) is 6.92 Å². The van der Waals surface area contributed by atoms with E-state index in [1.807, 2.05) is 6.92 Å². The summed E-state index contributed by atoms with van der Waals surface area (Å²) in [6.07, 6.45) is 0. The normalized spacial score (nSPS) is 20.0. The Bertz CT molecular complexity index is 590. The summed E-state index contributed by atoms with van der Waals surface area (Å²) in [6.45, 7) is 5.41. The summed E-state index contributed by atoms with van der Waals surface area (Å²) in [4.78, 5) is 0. The summed E-state index contributed by atoms with van der Waals surface area (Å²) in [5.41, 5.74) is 1.02. The van der Waals surface area contributed by atoms with Gasteiger partial charge in [-0.25, -0.2) is 0 Å². The Hall–Kier alpha value is -1.23. The van der Waals surface area contributed by atoms with E-state index in [-0.39, 0.29) is 32.1 Å². The molecule has 1 aliphatic heterocycles. The molecule has 0 amide bonds. The monoisotopic (exact) mass is 389 g/mol. The zero-order valence-electron chi connectivity index (χ0n) is 15.1. The average Bonchev–Trinajstić information content (AvgIpc) is 2.62. The Morgan fingerprint density at radius 3 is 1.65 bits per heavy atom. The minimum Gasteiger partial charge on any atom is -0.378 e. The number of rotatable bonds is 3. The molecule has 9 heteroatoms. The van der Waals surface area contributed by atoms with Crippen LogP contribution in [0.4, 0.5) is 0 Å². The van der Waals surface area contributed by atoms with E-state index in [0.717, 1.165) is 5.56 Å². The van der Waals surface area contributed by atoms with Gasteiger partial charge in [-0.15, -0.1) is 0 Å². The summed E-state index contributed by atoms with van der Waals surface area (Å²) in [7, 11) is -3.95. The van der Waals surface area contributed by atoms with E-state index in [2.05, 4.69) is 0 Å². The van der Waals surface area contributed by atoms with E-state index >= 15 is 0 Å². The first kappa shape index (κ1) is 21.1. The average molecular weight is 389 g/mol. The third-order valence-electron chi connectivity index (χ3n) is 3.62. The first-order valence-corrected chi connectivity index (χ1v) is 10.0. The minimum atomic E-state index is -3.95. The Morgan fingerprint density at radius 2 is 1.19 bits per heavy atom. The van der Waals surface area contributed by atoms with Crippen molar-refractivity contribution in [2.24, 2.45) is 0 Å². The highest BCUT2D eigenvalue weighted by molar-refractivity contribution is 7.84. The van der Waals surface area contributed by atoms with Crippen LogP contribution in [0.2, 0.25) is 0 Å². The lowest BCUT2D eigenvalue weighted by atomic mass is 10.2. The lowest BCUT2D eigenvalue weighted by Crippen LogP contribution is -2.39. The second-order valence-electron chi connectivity index (χ2n) is 5.70. The molecule has 1 aromatic carbocycles. The van der Waals surface area contributed by atoms with Crippen LogP contribution in [0.1, 0.15) is 5.56 Å². The van der Waals surface area contributed by atoms with Crippen molar-refractivity contribution in [3.05, 3.63) is 29.8 Å². The molecule has 0 radical (unpaired) electrons. The zero-order valence-corrected chi connectivity index (χ0v) is 15.9. The van der Waals surface area contributed by atoms with Crippen molar-refractivity contribution in [2.75, 3.05) is 65.9 Å². The van der Waals surface area contributed by atoms with E-state index in [1.165, 1.54) is 4.31 Å². The number of aryl methyl sites for hydroxylation is 1. The number of hydrogen-bond donors (Lipinski definition) is 0. The van der Waals surface area contributed by atoms with Crippen LogP contribution in [0.25, 0.3) is 0 Å². The molecule has 0 spiro atoms. The standard InChI is InChI=1S/C17H27NO7S/c1-16-2-4-17(5-3-16)25-26(19,20)18-6-8-21-10-12-23-14-15-24-13-11-22-9-7-18/h2-5H,6-15H2,1H3. The molecule has 26 heavy (non-hydrogen) atoms. The van der Waals surface area contributed by atoms with Gasteiger partial charge in [0.15, 0.2) is 0 Å². The molecule has 0 unspecified atom stereocenters. The summed E-state index contributed by atoms with van der Waals surface area (Å²) >= 11 is 0. The minimum absolute atomic E-state index is 0.175. The van der Waals surface area contributed by atoms with Crippen molar-refractivity contribution < 1.29 is 31.5 Å². The lowest BCUT2D eigenvalue weighted by molar-refractivity contribution is 0.00206. The molecule has 0 saturated carbocycles. The maximum atomic E-state index is 12.6. The maximum Gasteiger partial charge on any atom is 0.385 e. The molecule has 1 aliphatic rings. The predicted octanol–water partition coefficient (Wildman–Crippen LogP) is 1.00. The van der Waals surface area contributed by atoms with Gasteiger partial charge in [-0.1, -0.05) is 17.7 Å². The third-order valence-corrected chi connectivity index (χ3v) is 5.03. The number of benzene rings is 1. The summed E-state index contributed by atoms with van der Waals surface area (Å²) < 4.78 is 53.2. The summed E-state index contributed by atoms with van der Waals surface area (Å²) in [5, 5.41) is 0. The van der Waals surface area contributed by atoms with Crippen LogP contribution in [0.15, 0.2) is 24.3 Å². The highest BCUT2D eigenvalue weighted by atomic mass is 32.2. The van der Waals surface area contributed by atoms with E-state index in [4.69, 9.17) is 23.1 Å². The lowest BCUT2D eigenvalue weighted by Gasteiger charge is -2.21. The predicted molar refractivity (Wildman–Crippen MR) is 95.6 cm³/mol. The maximum absolute atomic E-state index is 12.6. The quantitative estimate of drug-likeness (QED) is 0.763. The Labute approximate surface area is 155 Å². The van der Waals surface area contributed by atoms with Crippen molar-refractivity contribution in [2.45, 2.75) is 6.92 Å². The molecule has 2 rings (SSSR count). The molecular weight excluding hydrogens is 362 g/mol. The first-order valence-electron chi connectivity index (χ1n) is 8.65. The molecule has 1 saturated heterocycles. The highest BCUT2D eigenvalue weighted by Gasteiger charge is 2.24. The fourth-order valence-electron chi connectivity index (χ4n) is 2.20. The van der Waals surface area contributed by atoms with Crippen LogP contribution >= 0.6 is 0 Å². The first-order chi connectivity index (χ1) is 12.6. The van der Waals surface area contributed by atoms with Crippen LogP contribution < -0.4 is 4.18 Å². The van der Waals surface area contributed by atoms with Crippen LogP contribution in [0.5, 0.6) is 5.75 Å². The van der Waals surface area contributed by atoms with Gasteiger partial charge in [-0.3, -0.25) is 0 Å². The molecule has 0 aliphatic carbocycles. The number of ether oxygens (including phenoxy) is 4. The third kappa shape index (κ3) is 7.98. The van der Waals surface area contributed by atoms with Gasteiger partial charge < -0.3 is 23.1 Å². The zero-order chi connectivity index (χ0) is 18.7. The van der Waals surface area contributed by atoms with Gasteiger partial charge in [0.25, 0.3) is 0 Å². The van der Waals surface area contributed by atoms with Gasteiger partial charge in [0.05, 0.1) is 52.9 Å². The van der Waals surface area contributed by atoms with Crippen LogP contribution in [0.3, 0.4) is 0 Å². The van der Waals surface area contributed by atoms with Crippen LogP contribution in [-0.4, -0.2) is 78.7 Å². The van der Waals surface area contributed by atoms with Crippen molar-refractivity contribution in [1.29, 1.82) is 0 Å². The Morgan fingerprint density at radius 1 is 0.769 bits per heavy atom. The molecule has 0 aromatic heterocycles. The van der Waals surface area contributed by atoms with E-state index in [0.29, 0.717) is 39.6 Å². The van der Waals surface area contributed by atoms with E-state index in [9.17, 15) is 8.42 Å². The fraction of sp³-hybridized carbons (Fsp3) is 0.647. The Balaban J connectivity index is 1.94. The van der Waals surface area contributed by atoms with Crippen molar-refractivity contribution >= 4 is 10.3 Å². The van der Waals surface area contributed by atoms with Crippen molar-refractivity contribution in [3.63, 3.8) is 0 Å². The van der Waals surface area contributed by atoms with Gasteiger partial charge in [-0.2, -0.15) is 12.7 Å². The summed E-state index contributed by atoms with van der Waals surface area (Å²) in [6, 6.07) is 6.84. The Kier molecular flexibility index (Phi) is 9.30. The molecule has 1 heterocycles. The molecular formula is C17H27NO7S.